The number of likely N-dealkylation sites (tertiary alicyclic amines) is 1. The van der Waals surface area contributed by atoms with Crippen LogP contribution in [0.1, 0.15) is 36.0 Å². The number of nitrogens with two attached hydrogens (primary N) is 1. The molecule has 0 aliphatic carbocycles. The van der Waals surface area contributed by atoms with Gasteiger partial charge in [-0.15, -0.1) is 4.40 Å². The fourth-order valence-electron chi connectivity index (χ4n) is 2.90. The molecule has 7 nitrogen and oxygen atoms in total. The summed E-state index contributed by atoms with van der Waals surface area (Å²) in [5.74, 6) is 0.149. The van der Waals surface area contributed by atoms with Crippen molar-refractivity contribution in [1.82, 2.24) is 4.90 Å². The lowest BCUT2D eigenvalue weighted by Gasteiger charge is -2.25. The summed E-state index contributed by atoms with van der Waals surface area (Å²) in [6, 6.07) is 1.66. The number of methoxy groups -OCH3 is 1. The first kappa shape index (κ1) is 18.3. The number of nitrogens with zero attached hydrogens (tertiary/aromatic N) is 2. The summed E-state index contributed by atoms with van der Waals surface area (Å²) in [6.45, 7) is 5.56. The van der Waals surface area contributed by atoms with E-state index in [1.54, 1.807) is 26.8 Å². The smallest absolute Gasteiger partial charge is 0.286 e. The van der Waals surface area contributed by atoms with E-state index in [1.807, 2.05) is 0 Å². The summed E-state index contributed by atoms with van der Waals surface area (Å²) < 4.78 is 34.4. The minimum atomic E-state index is -4.03. The first-order valence-electron chi connectivity index (χ1n) is 7.74. The second-order valence-corrected chi connectivity index (χ2v) is 7.44. The molecule has 2 N–H and O–H groups in total. The van der Waals surface area contributed by atoms with Crippen molar-refractivity contribution in [1.29, 1.82) is 0 Å². The van der Waals surface area contributed by atoms with Gasteiger partial charge in [-0.3, -0.25) is 9.69 Å². The fraction of sp³-hybridized carbons (Fsp3) is 0.500. The first-order valence-corrected chi connectivity index (χ1v) is 9.18. The van der Waals surface area contributed by atoms with Gasteiger partial charge < -0.3 is 10.5 Å². The molecule has 132 valence electrons. The molecule has 1 amide bonds. The average Bonchev–Trinajstić information content (AvgIpc) is 2.50. The van der Waals surface area contributed by atoms with E-state index in [1.165, 1.54) is 12.0 Å². The van der Waals surface area contributed by atoms with Gasteiger partial charge in [-0.05, 0) is 56.4 Å². The van der Waals surface area contributed by atoms with E-state index in [-0.39, 0.29) is 16.8 Å². The quantitative estimate of drug-likeness (QED) is 0.657. The van der Waals surface area contributed by atoms with Crippen LogP contribution in [0.3, 0.4) is 0 Å². The zero-order valence-electron chi connectivity index (χ0n) is 14.4. The Bertz CT molecular complexity index is 800. The van der Waals surface area contributed by atoms with E-state index in [9.17, 15) is 13.2 Å². The summed E-state index contributed by atoms with van der Waals surface area (Å²) >= 11 is 0. The highest BCUT2D eigenvalue weighted by Crippen LogP contribution is 2.31. The molecule has 2 rings (SSSR count). The molecule has 1 saturated heterocycles. The lowest BCUT2D eigenvalue weighted by molar-refractivity contribution is -0.129. The molecule has 1 aliphatic rings. The zero-order valence-corrected chi connectivity index (χ0v) is 15.2. The number of carbonyl (C=O) groups is 1. The molecular formula is C16H23N3O4S. The van der Waals surface area contributed by atoms with E-state index in [2.05, 4.69) is 4.40 Å². The Morgan fingerprint density at radius 2 is 1.92 bits per heavy atom. The van der Waals surface area contributed by atoms with Gasteiger partial charge >= 0.3 is 0 Å². The molecule has 0 spiro atoms. The largest absolute Gasteiger partial charge is 0.496 e. The molecule has 0 aromatic heterocycles. The Kier molecular flexibility index (Phi) is 5.17. The molecular weight excluding hydrogens is 330 g/mol. The predicted octanol–water partition coefficient (Wildman–Crippen LogP) is 1.64. The number of ether oxygens (including phenoxy) is 1. The molecule has 24 heavy (non-hydrogen) atoms. The Morgan fingerprint density at radius 1 is 1.25 bits per heavy atom. The second-order valence-electron chi connectivity index (χ2n) is 5.90. The fourth-order valence-corrected chi connectivity index (χ4v) is 4.34. The normalized spacial score (nSPS) is 16.4. The summed E-state index contributed by atoms with van der Waals surface area (Å²) in [6.07, 6.45) is 1.92. The van der Waals surface area contributed by atoms with Crippen LogP contribution < -0.4 is 10.5 Å². The minimum absolute atomic E-state index is 0.105. The molecule has 0 saturated carbocycles. The van der Waals surface area contributed by atoms with Crippen LogP contribution in [-0.4, -0.2) is 38.8 Å². The van der Waals surface area contributed by atoms with Crippen LogP contribution in [0, 0.1) is 20.8 Å². The molecule has 1 aliphatic heterocycles. The highest BCUT2D eigenvalue weighted by molar-refractivity contribution is 7.90. The topological polar surface area (TPSA) is 102 Å². The van der Waals surface area contributed by atoms with Crippen LogP contribution in [0.2, 0.25) is 0 Å². The molecule has 0 unspecified atom stereocenters. The van der Waals surface area contributed by atoms with Gasteiger partial charge in [0.2, 0.25) is 11.9 Å². The number of hydrogen-bond acceptors (Lipinski definition) is 4. The number of benzene rings is 1. The maximum Gasteiger partial charge on any atom is 0.286 e. The maximum absolute atomic E-state index is 12.7. The zero-order chi connectivity index (χ0) is 18.1. The third-order valence-electron chi connectivity index (χ3n) is 4.27. The third kappa shape index (κ3) is 3.38. The van der Waals surface area contributed by atoms with Gasteiger partial charge in [0.25, 0.3) is 10.0 Å². The monoisotopic (exact) mass is 353 g/mol. The predicted molar refractivity (Wildman–Crippen MR) is 91.6 cm³/mol. The van der Waals surface area contributed by atoms with Crippen molar-refractivity contribution < 1.29 is 17.9 Å². The van der Waals surface area contributed by atoms with Crippen LogP contribution in [0.4, 0.5) is 0 Å². The molecule has 0 radical (unpaired) electrons. The Labute approximate surface area is 142 Å². The lowest BCUT2D eigenvalue weighted by Crippen LogP contribution is -2.45. The Balaban J connectivity index is 2.49. The Morgan fingerprint density at radius 3 is 2.50 bits per heavy atom. The third-order valence-corrected chi connectivity index (χ3v) is 5.84. The van der Waals surface area contributed by atoms with Crippen LogP contribution in [0.15, 0.2) is 15.4 Å². The van der Waals surface area contributed by atoms with Crippen LogP contribution >= 0.6 is 0 Å². The first-order chi connectivity index (χ1) is 11.2. The Hall–Kier alpha value is -2.09. The maximum atomic E-state index is 12.7. The van der Waals surface area contributed by atoms with Gasteiger partial charge in [-0.25, -0.2) is 0 Å². The number of piperidine rings is 1. The summed E-state index contributed by atoms with van der Waals surface area (Å²) in [5, 5.41) is 0. The minimum Gasteiger partial charge on any atom is -0.496 e. The van der Waals surface area contributed by atoms with Gasteiger partial charge in [0.1, 0.15) is 5.75 Å². The number of sulfonamides is 1. The van der Waals surface area contributed by atoms with E-state index < -0.39 is 10.0 Å². The molecule has 1 aromatic carbocycles. The number of carbonyl (C=O) groups excluding carboxylic acids is 1. The van der Waals surface area contributed by atoms with E-state index in [0.717, 1.165) is 18.4 Å². The van der Waals surface area contributed by atoms with Crippen molar-refractivity contribution in [3.05, 3.63) is 22.8 Å². The molecule has 8 heteroatoms. The second kappa shape index (κ2) is 6.80. The van der Waals surface area contributed by atoms with Gasteiger partial charge in [0.05, 0.1) is 12.0 Å². The van der Waals surface area contributed by atoms with Gasteiger partial charge in [0, 0.05) is 13.0 Å². The van der Waals surface area contributed by atoms with Crippen molar-refractivity contribution in [3.63, 3.8) is 0 Å². The van der Waals surface area contributed by atoms with Gasteiger partial charge in [-0.1, -0.05) is 0 Å². The van der Waals surface area contributed by atoms with E-state index >= 15 is 0 Å². The van der Waals surface area contributed by atoms with Crippen LogP contribution in [0.5, 0.6) is 5.75 Å². The summed E-state index contributed by atoms with van der Waals surface area (Å²) in [4.78, 5) is 13.2. The van der Waals surface area contributed by atoms with Crippen molar-refractivity contribution in [2.45, 2.75) is 44.9 Å². The van der Waals surface area contributed by atoms with Crippen molar-refractivity contribution >= 4 is 21.9 Å². The number of aryl methyl sites for hydroxylation is 1. The standard InChI is InChI=1S/C16H23N3O4S/c1-10-9-13(23-4)11(2)12(3)15(10)24(21,22)18-16(17)19-8-6-5-7-14(19)20/h9H,5-8H2,1-4H3,(H2,17,18). The molecule has 0 atom stereocenters. The van der Waals surface area contributed by atoms with E-state index in [4.69, 9.17) is 10.5 Å². The molecule has 0 bridgehead atoms. The molecule has 1 heterocycles. The number of hydrogen-bond donors (Lipinski definition) is 1. The highest BCUT2D eigenvalue weighted by atomic mass is 32.2. The number of rotatable bonds is 3. The van der Waals surface area contributed by atoms with Crippen LogP contribution in [-0.2, 0) is 14.8 Å². The lowest BCUT2D eigenvalue weighted by atomic mass is 10.1. The number of guanidine groups is 1. The summed E-state index contributed by atoms with van der Waals surface area (Å²) in [5.41, 5.74) is 7.62. The average molecular weight is 353 g/mol. The molecule has 1 aromatic rings. The van der Waals surface area contributed by atoms with Gasteiger partial charge in [0.15, 0.2) is 0 Å². The van der Waals surface area contributed by atoms with Crippen molar-refractivity contribution in [2.75, 3.05) is 13.7 Å². The number of amides is 1. The van der Waals surface area contributed by atoms with Crippen molar-refractivity contribution in [3.8, 4) is 5.75 Å². The van der Waals surface area contributed by atoms with Crippen molar-refractivity contribution in [2.24, 2.45) is 10.1 Å². The SMILES string of the molecule is COc1cc(C)c(S(=O)(=O)N=C(N)N2CCCCC2=O)c(C)c1C. The highest BCUT2D eigenvalue weighted by Gasteiger charge is 2.26. The van der Waals surface area contributed by atoms with Crippen LogP contribution in [0.25, 0.3) is 0 Å². The van der Waals surface area contributed by atoms with Gasteiger partial charge in [-0.2, -0.15) is 8.42 Å². The summed E-state index contributed by atoms with van der Waals surface area (Å²) in [7, 11) is -2.49. The molecule has 1 fully saturated rings. The van der Waals surface area contributed by atoms with E-state index in [0.29, 0.717) is 29.8 Å².